The van der Waals surface area contributed by atoms with Gasteiger partial charge in [-0.1, -0.05) is 29.6 Å². The van der Waals surface area contributed by atoms with Gasteiger partial charge in [-0.15, -0.1) is 0 Å². The maximum Gasteiger partial charge on any atom is 0.131 e. The summed E-state index contributed by atoms with van der Waals surface area (Å²) in [6, 6.07) is 1.70. The second kappa shape index (κ2) is 5.61. The lowest BCUT2D eigenvalue weighted by atomic mass is 10.2. The summed E-state index contributed by atoms with van der Waals surface area (Å²) in [5.41, 5.74) is 2.16. The van der Waals surface area contributed by atoms with E-state index < -0.39 is 0 Å². The molecule has 3 rings (SSSR count). The number of amidine groups is 1. The Morgan fingerprint density at radius 3 is 2.79 bits per heavy atom. The van der Waals surface area contributed by atoms with Crippen molar-refractivity contribution in [3.05, 3.63) is 16.1 Å². The van der Waals surface area contributed by atoms with Crippen LogP contribution in [0.4, 0.5) is 17.1 Å². The monoisotopic (exact) mass is 314 g/mol. The lowest BCUT2D eigenvalue weighted by Crippen LogP contribution is -2.12. The maximum absolute atomic E-state index is 6.26. The van der Waals surface area contributed by atoms with Gasteiger partial charge < -0.3 is 5.32 Å². The molecule has 19 heavy (non-hydrogen) atoms. The number of aliphatic imine (C=N–C) groups is 1. The highest BCUT2D eigenvalue weighted by atomic mass is 35.5. The van der Waals surface area contributed by atoms with E-state index in [0.29, 0.717) is 15.7 Å². The van der Waals surface area contributed by atoms with Crippen molar-refractivity contribution in [2.75, 3.05) is 11.9 Å². The van der Waals surface area contributed by atoms with Gasteiger partial charge in [-0.3, -0.25) is 4.99 Å². The fraction of sp³-hybridized carbons (Fsp3) is 0.417. The third kappa shape index (κ3) is 2.68. The molecule has 2 aliphatic rings. The van der Waals surface area contributed by atoms with Gasteiger partial charge in [0, 0.05) is 13.0 Å². The Labute approximate surface area is 125 Å². The fourth-order valence-corrected chi connectivity index (χ4v) is 3.27. The van der Waals surface area contributed by atoms with Crippen molar-refractivity contribution in [2.45, 2.75) is 25.7 Å². The summed E-state index contributed by atoms with van der Waals surface area (Å²) >= 11 is 13.5. The van der Waals surface area contributed by atoms with Gasteiger partial charge in [0.25, 0.3) is 0 Å². The molecular weight excluding hydrogens is 303 g/mol. The van der Waals surface area contributed by atoms with Crippen LogP contribution in [0.2, 0.25) is 10.0 Å². The number of fused-ring (bicyclic) bond motifs is 1. The molecule has 0 saturated carbocycles. The van der Waals surface area contributed by atoms with Crippen molar-refractivity contribution in [1.29, 1.82) is 0 Å². The molecule has 0 saturated heterocycles. The Kier molecular flexibility index (Phi) is 3.86. The molecule has 0 fully saturated rings. The molecule has 1 N–H and O–H groups in total. The highest BCUT2D eigenvalue weighted by molar-refractivity contribution is 7.58. The van der Waals surface area contributed by atoms with Gasteiger partial charge in [0.15, 0.2) is 0 Å². The van der Waals surface area contributed by atoms with Crippen molar-refractivity contribution >= 4 is 57.5 Å². The molecule has 7 heteroatoms. The predicted molar refractivity (Wildman–Crippen MR) is 82.4 cm³/mol. The molecule has 0 unspecified atom stereocenters. The Hall–Kier alpha value is -0.910. The number of anilines is 1. The summed E-state index contributed by atoms with van der Waals surface area (Å²) < 4.78 is 8.47. The largest absolute Gasteiger partial charge is 0.341 e. The van der Waals surface area contributed by atoms with Gasteiger partial charge in [-0.25, -0.2) is 0 Å². The zero-order valence-electron chi connectivity index (χ0n) is 10.1. The van der Waals surface area contributed by atoms with Crippen LogP contribution < -0.4 is 5.32 Å². The van der Waals surface area contributed by atoms with Crippen LogP contribution in [0.3, 0.4) is 0 Å². The highest BCUT2D eigenvalue weighted by Gasteiger charge is 2.19. The number of nitrogens with zero attached hydrogens (tertiary/aromatic N) is 3. The Balaban J connectivity index is 1.95. The first kappa shape index (κ1) is 13.1. The van der Waals surface area contributed by atoms with Crippen molar-refractivity contribution in [2.24, 2.45) is 13.7 Å². The molecule has 4 nitrogen and oxygen atoms in total. The molecule has 1 aromatic carbocycles. The molecule has 0 spiro atoms. The zero-order chi connectivity index (χ0) is 13.2. The van der Waals surface area contributed by atoms with Crippen LogP contribution in [-0.4, -0.2) is 12.4 Å². The molecule has 1 aromatic rings. The number of halogens is 2. The minimum atomic E-state index is 0.530. The molecule has 0 bridgehead atoms. The molecule has 2 heterocycles. The quantitative estimate of drug-likeness (QED) is 0.781. The second-order valence-electron chi connectivity index (χ2n) is 4.44. The van der Waals surface area contributed by atoms with E-state index in [1.165, 1.54) is 6.42 Å². The third-order valence-corrected chi connectivity index (χ3v) is 4.20. The van der Waals surface area contributed by atoms with E-state index >= 15 is 0 Å². The number of nitrogens with one attached hydrogen (secondary N) is 1. The van der Waals surface area contributed by atoms with Crippen molar-refractivity contribution in [3.63, 3.8) is 0 Å². The average molecular weight is 315 g/mol. The fourth-order valence-electron chi connectivity index (χ4n) is 2.11. The van der Waals surface area contributed by atoms with Crippen molar-refractivity contribution < 1.29 is 0 Å². The molecule has 0 atom stereocenters. The lowest BCUT2D eigenvalue weighted by Gasteiger charge is -2.13. The number of rotatable bonds is 1. The average Bonchev–Trinajstić information content (AvgIpc) is 2.73. The Morgan fingerprint density at radius 2 is 1.89 bits per heavy atom. The van der Waals surface area contributed by atoms with Gasteiger partial charge in [0.2, 0.25) is 0 Å². The highest BCUT2D eigenvalue weighted by Crippen LogP contribution is 2.47. The summed E-state index contributed by atoms with van der Waals surface area (Å²) in [6.45, 7) is 0.867. The van der Waals surface area contributed by atoms with Gasteiger partial charge >= 0.3 is 0 Å². The molecule has 0 radical (unpaired) electrons. The SMILES string of the molecule is Clc1cc(Cl)c(NC2=NCCCCC2)c2c1N=S=N2. The lowest BCUT2D eigenvalue weighted by molar-refractivity contribution is 0.731. The number of hydrogen-bond donors (Lipinski definition) is 1. The van der Waals surface area contributed by atoms with Gasteiger partial charge in [0.1, 0.15) is 17.2 Å². The molecule has 2 aliphatic heterocycles. The van der Waals surface area contributed by atoms with Crippen LogP contribution in [-0.2, 0) is 11.4 Å². The van der Waals surface area contributed by atoms with E-state index in [-0.39, 0.29) is 0 Å². The third-order valence-electron chi connectivity index (χ3n) is 3.09. The van der Waals surface area contributed by atoms with Crippen LogP contribution in [0.15, 0.2) is 19.8 Å². The Bertz CT molecular complexity index is 621. The standard InChI is InChI=1S/C12H12Cl2N4S/c13-7-6-8(14)11-12(18-19-17-11)10(7)16-9-4-2-1-3-5-15-9/h6H,1-5H2,(H,15,16). The van der Waals surface area contributed by atoms with Crippen LogP contribution in [0.25, 0.3) is 0 Å². The van der Waals surface area contributed by atoms with E-state index in [2.05, 4.69) is 19.0 Å². The van der Waals surface area contributed by atoms with Crippen LogP contribution in [0.5, 0.6) is 0 Å². The van der Waals surface area contributed by atoms with Crippen molar-refractivity contribution in [3.8, 4) is 0 Å². The van der Waals surface area contributed by atoms with Crippen molar-refractivity contribution in [1.82, 2.24) is 0 Å². The van der Waals surface area contributed by atoms with E-state index in [9.17, 15) is 0 Å². The maximum atomic E-state index is 6.26. The molecule has 0 aliphatic carbocycles. The van der Waals surface area contributed by atoms with E-state index in [4.69, 9.17) is 23.2 Å². The first-order chi connectivity index (χ1) is 9.25. The second-order valence-corrected chi connectivity index (χ2v) is 5.78. The normalized spacial score (nSPS) is 17.5. The van der Waals surface area contributed by atoms with Crippen LogP contribution in [0.1, 0.15) is 25.7 Å². The first-order valence-electron chi connectivity index (χ1n) is 6.16. The molecular formula is C12H12Cl2N4S. The van der Waals surface area contributed by atoms with Gasteiger partial charge in [-0.2, -0.15) is 8.73 Å². The molecule has 0 aromatic heterocycles. The summed E-state index contributed by atoms with van der Waals surface area (Å²) in [4.78, 5) is 4.54. The zero-order valence-corrected chi connectivity index (χ0v) is 12.4. The van der Waals surface area contributed by atoms with E-state index in [0.717, 1.165) is 54.4 Å². The van der Waals surface area contributed by atoms with Gasteiger partial charge in [-0.05, 0) is 18.9 Å². The first-order valence-corrected chi connectivity index (χ1v) is 7.65. The van der Waals surface area contributed by atoms with Crippen LogP contribution >= 0.6 is 23.2 Å². The summed E-state index contributed by atoms with van der Waals surface area (Å²) in [6.07, 6.45) is 4.46. The summed E-state index contributed by atoms with van der Waals surface area (Å²) in [5.74, 6) is 0.969. The number of hydrogen-bond acceptors (Lipinski definition) is 4. The minimum Gasteiger partial charge on any atom is -0.341 e. The Morgan fingerprint density at radius 1 is 1.05 bits per heavy atom. The molecule has 0 amide bonds. The predicted octanol–water partition coefficient (Wildman–Crippen LogP) is 5.10. The number of benzene rings is 1. The van der Waals surface area contributed by atoms with Crippen LogP contribution in [0, 0.1) is 0 Å². The summed E-state index contributed by atoms with van der Waals surface area (Å²) in [7, 11) is 0. The topological polar surface area (TPSA) is 49.1 Å². The van der Waals surface area contributed by atoms with E-state index in [1.54, 1.807) is 6.07 Å². The van der Waals surface area contributed by atoms with E-state index in [1.807, 2.05) is 0 Å². The minimum absolute atomic E-state index is 0.530. The molecule has 100 valence electrons. The smallest absolute Gasteiger partial charge is 0.131 e. The van der Waals surface area contributed by atoms with Gasteiger partial charge in [0.05, 0.1) is 27.1 Å². The summed E-state index contributed by atoms with van der Waals surface area (Å²) in [5, 5.41) is 4.39.